The molecule has 2 aliphatic rings. The standard InChI is InChI=1S/C15H22BNO4S/c1-14(2)15(3,4)21-16(20-14)13-8-6-7-11-9-17(10-12(11)13)22(5,18)19/h6-8H,9-10H2,1-5H3. The van der Waals surface area contributed by atoms with Gasteiger partial charge in [-0.3, -0.25) is 0 Å². The Labute approximate surface area is 132 Å². The second-order valence-corrected chi connectivity index (χ2v) is 9.09. The van der Waals surface area contributed by atoms with Crippen molar-refractivity contribution in [2.45, 2.75) is 52.0 Å². The van der Waals surface area contributed by atoms with E-state index in [0.29, 0.717) is 13.1 Å². The van der Waals surface area contributed by atoms with E-state index in [1.165, 1.54) is 10.6 Å². The molecule has 1 saturated heterocycles. The molecule has 22 heavy (non-hydrogen) atoms. The normalized spacial score (nSPS) is 23.8. The van der Waals surface area contributed by atoms with Crippen molar-refractivity contribution >= 4 is 22.6 Å². The number of hydrogen-bond donors (Lipinski definition) is 0. The van der Waals surface area contributed by atoms with Crippen LogP contribution in [0.2, 0.25) is 0 Å². The van der Waals surface area contributed by atoms with Gasteiger partial charge in [-0.1, -0.05) is 18.2 Å². The Morgan fingerprint density at radius 1 is 1.09 bits per heavy atom. The molecule has 5 nitrogen and oxygen atoms in total. The first-order chi connectivity index (χ1) is 10.0. The molecule has 0 spiro atoms. The first-order valence-corrected chi connectivity index (χ1v) is 9.27. The number of rotatable bonds is 2. The van der Waals surface area contributed by atoms with Crippen LogP contribution in [0.5, 0.6) is 0 Å². The number of fused-ring (bicyclic) bond motifs is 1. The molecule has 0 radical (unpaired) electrons. The number of hydrogen-bond acceptors (Lipinski definition) is 4. The summed E-state index contributed by atoms with van der Waals surface area (Å²) in [4.78, 5) is 0. The lowest BCUT2D eigenvalue weighted by atomic mass is 9.75. The summed E-state index contributed by atoms with van der Waals surface area (Å²) in [6.07, 6.45) is 1.24. The van der Waals surface area contributed by atoms with Crippen molar-refractivity contribution in [2.24, 2.45) is 0 Å². The summed E-state index contributed by atoms with van der Waals surface area (Å²) < 4.78 is 37.3. The average Bonchev–Trinajstić information content (AvgIpc) is 2.88. The van der Waals surface area contributed by atoms with E-state index in [1.807, 2.05) is 45.9 Å². The highest BCUT2D eigenvalue weighted by atomic mass is 32.2. The van der Waals surface area contributed by atoms with Crippen LogP contribution in [0.25, 0.3) is 0 Å². The minimum absolute atomic E-state index is 0.383. The number of benzene rings is 1. The molecule has 2 aliphatic heterocycles. The molecule has 0 N–H and O–H groups in total. The van der Waals surface area contributed by atoms with Gasteiger partial charge in [0.15, 0.2) is 0 Å². The van der Waals surface area contributed by atoms with E-state index >= 15 is 0 Å². The topological polar surface area (TPSA) is 55.8 Å². The lowest BCUT2D eigenvalue weighted by Gasteiger charge is -2.32. The quantitative estimate of drug-likeness (QED) is 0.769. The first-order valence-electron chi connectivity index (χ1n) is 7.43. The fourth-order valence-electron chi connectivity index (χ4n) is 2.84. The van der Waals surface area contributed by atoms with Gasteiger partial charge in [-0.2, -0.15) is 4.31 Å². The summed E-state index contributed by atoms with van der Waals surface area (Å²) >= 11 is 0. The third-order valence-electron chi connectivity index (χ3n) is 4.97. The van der Waals surface area contributed by atoms with Crippen molar-refractivity contribution in [3.8, 4) is 0 Å². The summed E-state index contributed by atoms with van der Waals surface area (Å²) in [6.45, 7) is 8.85. The maximum atomic E-state index is 11.8. The van der Waals surface area contributed by atoms with Crippen molar-refractivity contribution in [2.75, 3.05) is 6.26 Å². The summed E-state index contributed by atoms with van der Waals surface area (Å²) in [5.41, 5.74) is 2.15. The Balaban J connectivity index is 1.96. The molecular formula is C15H22BNO4S. The van der Waals surface area contributed by atoms with Crippen LogP contribution in [0.3, 0.4) is 0 Å². The third kappa shape index (κ3) is 2.50. The molecule has 3 rings (SSSR count). The Bertz CT molecular complexity index is 698. The van der Waals surface area contributed by atoms with Crippen molar-refractivity contribution in [3.63, 3.8) is 0 Å². The number of nitrogens with zero attached hydrogens (tertiary/aromatic N) is 1. The van der Waals surface area contributed by atoms with E-state index in [0.717, 1.165) is 16.6 Å². The van der Waals surface area contributed by atoms with Crippen LogP contribution in [0, 0.1) is 0 Å². The van der Waals surface area contributed by atoms with Gasteiger partial charge in [-0.25, -0.2) is 8.42 Å². The van der Waals surface area contributed by atoms with Gasteiger partial charge in [-0.15, -0.1) is 0 Å². The molecule has 0 saturated carbocycles. The molecule has 0 bridgehead atoms. The van der Waals surface area contributed by atoms with Crippen molar-refractivity contribution in [3.05, 3.63) is 29.3 Å². The SMILES string of the molecule is CC1(C)OB(c2cccc3c2CN(S(C)(=O)=O)C3)OC1(C)C. The van der Waals surface area contributed by atoms with Crippen molar-refractivity contribution < 1.29 is 17.7 Å². The predicted octanol–water partition coefficient (Wildman–Crippen LogP) is 1.26. The lowest BCUT2D eigenvalue weighted by molar-refractivity contribution is 0.00578. The van der Waals surface area contributed by atoms with Crippen LogP contribution in [0.15, 0.2) is 18.2 Å². The molecule has 1 fully saturated rings. The van der Waals surface area contributed by atoms with E-state index in [4.69, 9.17) is 9.31 Å². The van der Waals surface area contributed by atoms with E-state index < -0.39 is 28.3 Å². The molecule has 7 heteroatoms. The minimum atomic E-state index is -3.20. The van der Waals surface area contributed by atoms with Crippen LogP contribution in [0.1, 0.15) is 38.8 Å². The van der Waals surface area contributed by atoms with Crippen molar-refractivity contribution in [1.82, 2.24) is 4.31 Å². The van der Waals surface area contributed by atoms with Gasteiger partial charge in [-0.05, 0) is 44.3 Å². The fraction of sp³-hybridized carbons (Fsp3) is 0.600. The van der Waals surface area contributed by atoms with Gasteiger partial charge < -0.3 is 9.31 Å². The van der Waals surface area contributed by atoms with Crippen LogP contribution in [0.4, 0.5) is 0 Å². The maximum absolute atomic E-state index is 11.8. The van der Waals surface area contributed by atoms with E-state index in [9.17, 15) is 8.42 Å². The van der Waals surface area contributed by atoms with Gasteiger partial charge in [0.2, 0.25) is 10.0 Å². The maximum Gasteiger partial charge on any atom is 0.495 e. The summed E-state index contributed by atoms with van der Waals surface area (Å²) in [6, 6.07) is 5.87. The smallest absolute Gasteiger partial charge is 0.399 e. The molecule has 0 unspecified atom stereocenters. The highest BCUT2D eigenvalue weighted by Gasteiger charge is 2.52. The molecule has 1 aromatic carbocycles. The van der Waals surface area contributed by atoms with E-state index in [2.05, 4.69) is 0 Å². The second kappa shape index (κ2) is 4.80. The van der Waals surface area contributed by atoms with Gasteiger partial charge in [0.05, 0.1) is 17.5 Å². The fourth-order valence-corrected chi connectivity index (χ4v) is 3.58. The molecular weight excluding hydrogens is 301 g/mol. The zero-order valence-corrected chi connectivity index (χ0v) is 14.5. The molecule has 120 valence electrons. The lowest BCUT2D eigenvalue weighted by Crippen LogP contribution is -2.41. The Hall–Kier alpha value is -0.885. The summed E-state index contributed by atoms with van der Waals surface area (Å²) in [5, 5.41) is 0. The van der Waals surface area contributed by atoms with Crippen LogP contribution in [-0.4, -0.2) is 37.3 Å². The summed E-state index contributed by atoms with van der Waals surface area (Å²) in [5.74, 6) is 0. The molecule has 0 amide bonds. The Morgan fingerprint density at radius 2 is 1.68 bits per heavy atom. The van der Waals surface area contributed by atoms with Gasteiger partial charge in [0, 0.05) is 13.1 Å². The molecule has 2 heterocycles. The van der Waals surface area contributed by atoms with E-state index in [1.54, 1.807) is 0 Å². The Kier molecular flexibility index (Phi) is 3.49. The zero-order chi connectivity index (χ0) is 16.3. The minimum Gasteiger partial charge on any atom is -0.399 e. The van der Waals surface area contributed by atoms with E-state index in [-0.39, 0.29) is 0 Å². The third-order valence-corrected chi connectivity index (χ3v) is 6.16. The Morgan fingerprint density at radius 3 is 2.23 bits per heavy atom. The predicted molar refractivity (Wildman–Crippen MR) is 86.2 cm³/mol. The monoisotopic (exact) mass is 323 g/mol. The highest BCUT2D eigenvalue weighted by molar-refractivity contribution is 7.88. The molecule has 0 atom stereocenters. The van der Waals surface area contributed by atoms with Crippen LogP contribution >= 0.6 is 0 Å². The van der Waals surface area contributed by atoms with Gasteiger partial charge in [0.25, 0.3) is 0 Å². The second-order valence-electron chi connectivity index (χ2n) is 7.10. The largest absolute Gasteiger partial charge is 0.495 e. The summed E-state index contributed by atoms with van der Waals surface area (Å²) in [7, 11) is -3.66. The molecule has 0 aliphatic carbocycles. The van der Waals surface area contributed by atoms with Crippen LogP contribution < -0.4 is 5.46 Å². The highest BCUT2D eigenvalue weighted by Crippen LogP contribution is 2.37. The van der Waals surface area contributed by atoms with Crippen molar-refractivity contribution in [1.29, 1.82) is 0 Å². The average molecular weight is 323 g/mol. The number of sulfonamides is 1. The molecule has 1 aromatic rings. The van der Waals surface area contributed by atoms with Crippen LogP contribution in [-0.2, 0) is 32.4 Å². The first kappa shape index (κ1) is 16.0. The molecule has 0 aromatic heterocycles. The van der Waals surface area contributed by atoms with Gasteiger partial charge >= 0.3 is 7.12 Å². The zero-order valence-electron chi connectivity index (χ0n) is 13.7. The van der Waals surface area contributed by atoms with Gasteiger partial charge in [0.1, 0.15) is 0 Å².